The predicted molar refractivity (Wildman–Crippen MR) is 154 cm³/mol. The van der Waals surface area contributed by atoms with Crippen LogP contribution >= 0.6 is 0 Å². The van der Waals surface area contributed by atoms with E-state index in [2.05, 4.69) is 34.2 Å². The molecule has 3 aliphatic rings. The van der Waals surface area contributed by atoms with Gasteiger partial charge in [-0.1, -0.05) is 5.57 Å². The minimum absolute atomic E-state index is 0.104. The van der Waals surface area contributed by atoms with Crippen LogP contribution in [0.25, 0.3) is 11.0 Å². The molecule has 0 spiro atoms. The Kier molecular flexibility index (Phi) is 8.16. The lowest BCUT2D eigenvalue weighted by atomic mass is 9.90. The highest BCUT2D eigenvalue weighted by atomic mass is 16.2. The van der Waals surface area contributed by atoms with Gasteiger partial charge < -0.3 is 15.1 Å². The van der Waals surface area contributed by atoms with E-state index in [1.807, 2.05) is 28.6 Å². The minimum Gasteiger partial charge on any atom is -0.351 e. The van der Waals surface area contributed by atoms with Gasteiger partial charge in [-0.15, -0.1) is 0 Å². The zero-order chi connectivity index (χ0) is 28.6. The third kappa shape index (κ3) is 5.73. The fraction of sp³-hybridized carbons (Fsp3) is 0.600. The Hall–Kier alpha value is -3.40. The highest BCUT2D eigenvalue weighted by Gasteiger charge is 2.31. The molecule has 0 aromatic carbocycles. The molecule has 0 saturated carbocycles. The summed E-state index contributed by atoms with van der Waals surface area (Å²) in [7, 11) is 0. The molecule has 1 N–H and O–H groups in total. The van der Waals surface area contributed by atoms with Crippen molar-refractivity contribution in [3.05, 3.63) is 35.2 Å². The Morgan fingerprint density at radius 1 is 1.07 bits per heavy atom. The molecule has 2 fully saturated rings. The molecule has 40 heavy (non-hydrogen) atoms. The molecule has 2 aromatic rings. The van der Waals surface area contributed by atoms with Gasteiger partial charge in [-0.3, -0.25) is 14.4 Å². The quantitative estimate of drug-likeness (QED) is 0.592. The molecule has 10 heteroatoms. The number of fused-ring (bicyclic) bond motifs is 1. The number of piperidine rings is 2. The van der Waals surface area contributed by atoms with Crippen LogP contribution in [0.3, 0.4) is 0 Å². The number of nitrogens with zero attached hydrogens (tertiary/aromatic N) is 6. The lowest BCUT2D eigenvalue weighted by Crippen LogP contribution is -2.48. The van der Waals surface area contributed by atoms with Gasteiger partial charge in [0.25, 0.3) is 11.8 Å². The van der Waals surface area contributed by atoms with Crippen LogP contribution in [0, 0.1) is 5.92 Å². The van der Waals surface area contributed by atoms with Crippen molar-refractivity contribution < 1.29 is 14.4 Å². The van der Waals surface area contributed by atoms with Gasteiger partial charge in [0.1, 0.15) is 0 Å². The van der Waals surface area contributed by atoms with Crippen LogP contribution in [0.4, 0.5) is 0 Å². The van der Waals surface area contributed by atoms with Gasteiger partial charge in [0.2, 0.25) is 5.91 Å². The van der Waals surface area contributed by atoms with E-state index < -0.39 is 5.92 Å². The number of aromatic nitrogens is 3. The van der Waals surface area contributed by atoms with E-state index in [1.54, 1.807) is 20.0 Å². The zero-order valence-corrected chi connectivity index (χ0v) is 24.3. The Labute approximate surface area is 235 Å². The Morgan fingerprint density at radius 2 is 1.77 bits per heavy atom. The van der Waals surface area contributed by atoms with Crippen LogP contribution in [0.5, 0.6) is 0 Å². The first-order chi connectivity index (χ1) is 19.1. The summed E-state index contributed by atoms with van der Waals surface area (Å²) in [5.41, 5.74) is 3.80. The SMILES string of the molecule is CC(=O)N1CCC(N2CCC(c3cc(C(=O)NCC4C(=O)N=C(C)C=C4C)c4cnn(C(C)C)c4n3)CC2)CC1. The number of carbonyl (C=O) groups excluding carboxylic acids is 3. The first kappa shape index (κ1) is 28.1. The van der Waals surface area contributed by atoms with Gasteiger partial charge in [-0.2, -0.15) is 5.10 Å². The number of hydrogen-bond donors (Lipinski definition) is 1. The number of pyridine rings is 1. The fourth-order valence-electron chi connectivity index (χ4n) is 6.37. The van der Waals surface area contributed by atoms with E-state index >= 15 is 0 Å². The number of hydrogen-bond acceptors (Lipinski definition) is 6. The van der Waals surface area contributed by atoms with Crippen molar-refractivity contribution in [2.45, 2.75) is 78.3 Å². The topological polar surface area (TPSA) is 113 Å². The van der Waals surface area contributed by atoms with Gasteiger partial charge in [0.15, 0.2) is 5.65 Å². The Balaban J connectivity index is 1.32. The fourth-order valence-corrected chi connectivity index (χ4v) is 6.37. The summed E-state index contributed by atoms with van der Waals surface area (Å²) in [6.07, 6.45) is 7.61. The second-order valence-corrected chi connectivity index (χ2v) is 11.8. The van der Waals surface area contributed by atoms with Crippen molar-refractivity contribution in [3.8, 4) is 0 Å². The number of likely N-dealkylation sites (tertiary alicyclic amines) is 2. The predicted octanol–water partition coefficient (Wildman–Crippen LogP) is 3.50. The van der Waals surface area contributed by atoms with Crippen LogP contribution in [-0.2, 0) is 9.59 Å². The summed E-state index contributed by atoms with van der Waals surface area (Å²) in [5.74, 6) is -0.472. The molecule has 2 saturated heterocycles. The summed E-state index contributed by atoms with van der Waals surface area (Å²) in [5, 5.41) is 8.27. The highest BCUT2D eigenvalue weighted by molar-refractivity contribution is 6.07. The van der Waals surface area contributed by atoms with E-state index in [0.717, 1.165) is 74.2 Å². The molecule has 0 radical (unpaired) electrons. The van der Waals surface area contributed by atoms with Crippen molar-refractivity contribution in [3.63, 3.8) is 0 Å². The monoisotopic (exact) mass is 547 g/mol. The molecule has 5 rings (SSSR count). The molecule has 2 aromatic heterocycles. The minimum atomic E-state index is -0.450. The standard InChI is InChI=1S/C30H41N7O3/c1-18(2)37-28-26(17-32-37)24(29(39)31-16-25-19(3)14-20(4)33-30(25)40)15-27(34-28)22-6-10-36(11-7-22)23-8-12-35(13-9-23)21(5)38/h14-15,17-18,22-23,25H,6-13,16H2,1-5H3,(H,31,39). The Bertz CT molecular complexity index is 1360. The van der Waals surface area contributed by atoms with Crippen molar-refractivity contribution in [2.24, 2.45) is 10.9 Å². The summed E-state index contributed by atoms with van der Waals surface area (Å²) < 4.78 is 1.88. The smallest absolute Gasteiger partial charge is 0.254 e. The van der Waals surface area contributed by atoms with Gasteiger partial charge in [-0.05, 0) is 78.6 Å². The third-order valence-corrected chi connectivity index (χ3v) is 8.73. The number of rotatable bonds is 6. The van der Waals surface area contributed by atoms with E-state index in [9.17, 15) is 14.4 Å². The van der Waals surface area contributed by atoms with Gasteiger partial charge in [0, 0.05) is 56.0 Å². The van der Waals surface area contributed by atoms with Gasteiger partial charge in [-0.25, -0.2) is 14.7 Å². The van der Waals surface area contributed by atoms with Gasteiger partial charge in [0.05, 0.1) is 23.1 Å². The van der Waals surface area contributed by atoms with Crippen LogP contribution in [0.15, 0.2) is 28.9 Å². The van der Waals surface area contributed by atoms with Crippen LogP contribution < -0.4 is 5.32 Å². The summed E-state index contributed by atoms with van der Waals surface area (Å²) >= 11 is 0. The number of allylic oxidation sites excluding steroid dienone is 1. The molecule has 1 unspecified atom stereocenters. The van der Waals surface area contributed by atoms with Crippen LogP contribution in [0.2, 0.25) is 0 Å². The molecule has 3 aliphatic heterocycles. The highest BCUT2D eigenvalue weighted by Crippen LogP contribution is 2.32. The average molecular weight is 548 g/mol. The average Bonchev–Trinajstić information content (AvgIpc) is 3.36. The van der Waals surface area contributed by atoms with Crippen molar-refractivity contribution in [2.75, 3.05) is 32.7 Å². The maximum atomic E-state index is 13.5. The number of carbonyl (C=O) groups is 3. The second kappa shape index (κ2) is 11.6. The Morgan fingerprint density at radius 3 is 2.40 bits per heavy atom. The zero-order valence-electron chi connectivity index (χ0n) is 24.3. The first-order valence-corrected chi connectivity index (χ1v) is 14.6. The largest absolute Gasteiger partial charge is 0.351 e. The summed E-state index contributed by atoms with van der Waals surface area (Å²) in [6, 6.07) is 2.56. The van der Waals surface area contributed by atoms with Crippen LogP contribution in [0.1, 0.15) is 88.3 Å². The van der Waals surface area contributed by atoms with E-state index in [4.69, 9.17) is 4.98 Å². The van der Waals surface area contributed by atoms with Crippen molar-refractivity contribution in [1.82, 2.24) is 29.9 Å². The van der Waals surface area contributed by atoms with E-state index in [-0.39, 0.29) is 36.2 Å². The maximum Gasteiger partial charge on any atom is 0.254 e. The molecule has 0 aliphatic carbocycles. The van der Waals surface area contributed by atoms with E-state index in [1.165, 1.54) is 0 Å². The van der Waals surface area contributed by atoms with Crippen LogP contribution in [-0.4, -0.2) is 86.8 Å². The number of aliphatic imine (C=N–C) groups is 1. The molecule has 0 bridgehead atoms. The lowest BCUT2D eigenvalue weighted by Gasteiger charge is -2.41. The summed E-state index contributed by atoms with van der Waals surface area (Å²) in [6.45, 7) is 13.3. The third-order valence-electron chi connectivity index (χ3n) is 8.73. The second-order valence-electron chi connectivity index (χ2n) is 11.8. The normalized spacial score (nSPS) is 21.6. The maximum absolute atomic E-state index is 13.5. The number of dihydropyridines is 1. The van der Waals surface area contributed by atoms with Crippen molar-refractivity contribution in [1.29, 1.82) is 0 Å². The molecule has 3 amide bonds. The van der Waals surface area contributed by atoms with Gasteiger partial charge >= 0.3 is 0 Å². The van der Waals surface area contributed by atoms with E-state index in [0.29, 0.717) is 17.3 Å². The van der Waals surface area contributed by atoms with Crippen molar-refractivity contribution >= 4 is 34.5 Å². The molecular weight excluding hydrogens is 506 g/mol. The molecular formula is C30H41N7O3. The molecule has 214 valence electrons. The molecule has 5 heterocycles. The summed E-state index contributed by atoms with van der Waals surface area (Å²) in [4.78, 5) is 51.4. The number of nitrogens with one attached hydrogen (secondary N) is 1. The first-order valence-electron chi connectivity index (χ1n) is 14.6. The molecule has 1 atom stereocenters. The number of amides is 3. The molecule has 10 nitrogen and oxygen atoms in total. The lowest BCUT2D eigenvalue weighted by molar-refractivity contribution is -0.130.